The smallest absolute Gasteiger partial charge is 0.266 e. The van der Waals surface area contributed by atoms with Gasteiger partial charge in [-0.15, -0.1) is 0 Å². The number of para-hydroxylation sites is 1. The molecule has 4 aromatic rings. The van der Waals surface area contributed by atoms with Crippen LogP contribution >= 0.6 is 11.8 Å². The van der Waals surface area contributed by atoms with Crippen molar-refractivity contribution in [2.24, 2.45) is 0 Å². The zero-order valence-electron chi connectivity index (χ0n) is 16.7. The molecule has 7 heteroatoms. The Balaban J connectivity index is 1.63. The van der Waals surface area contributed by atoms with Gasteiger partial charge in [-0.25, -0.2) is 4.98 Å². The molecule has 4 rings (SSSR count). The summed E-state index contributed by atoms with van der Waals surface area (Å²) in [6, 6.07) is 23.5. The number of nitrogens with zero attached hydrogens (tertiary/aromatic N) is 3. The first-order valence-electron chi connectivity index (χ1n) is 9.57. The molecule has 6 nitrogen and oxygen atoms in total. The summed E-state index contributed by atoms with van der Waals surface area (Å²) in [7, 11) is 0. The Hall–Kier alpha value is -3.89. The van der Waals surface area contributed by atoms with Crippen LogP contribution in [0, 0.1) is 18.3 Å². The van der Waals surface area contributed by atoms with Crippen LogP contribution in [0.15, 0.2) is 82.7 Å². The molecule has 0 aliphatic carbocycles. The van der Waals surface area contributed by atoms with Gasteiger partial charge >= 0.3 is 0 Å². The molecule has 1 aromatic heterocycles. The summed E-state index contributed by atoms with van der Waals surface area (Å²) in [5.74, 6) is -0.149. The average molecular weight is 427 g/mol. The molecule has 0 spiro atoms. The van der Waals surface area contributed by atoms with E-state index < -0.39 is 0 Å². The highest BCUT2D eigenvalue weighted by molar-refractivity contribution is 7.99. The topological polar surface area (TPSA) is 87.8 Å². The Morgan fingerprint density at radius 2 is 1.77 bits per heavy atom. The van der Waals surface area contributed by atoms with Crippen LogP contribution in [0.2, 0.25) is 0 Å². The summed E-state index contributed by atoms with van der Waals surface area (Å²) in [6.45, 7) is 1.98. The number of rotatable bonds is 5. The Bertz CT molecular complexity index is 1350. The van der Waals surface area contributed by atoms with Gasteiger partial charge in [-0.1, -0.05) is 41.6 Å². The number of nitriles is 1. The van der Waals surface area contributed by atoms with Crippen LogP contribution in [0.4, 0.5) is 5.69 Å². The predicted molar refractivity (Wildman–Crippen MR) is 123 cm³/mol. The van der Waals surface area contributed by atoms with Crippen LogP contribution in [-0.4, -0.2) is 21.2 Å². The summed E-state index contributed by atoms with van der Waals surface area (Å²) in [4.78, 5) is 30.3. The zero-order valence-corrected chi connectivity index (χ0v) is 17.5. The van der Waals surface area contributed by atoms with Gasteiger partial charge in [0.15, 0.2) is 5.16 Å². The van der Waals surface area contributed by atoms with Crippen molar-refractivity contribution in [3.63, 3.8) is 0 Å². The molecule has 31 heavy (non-hydrogen) atoms. The van der Waals surface area contributed by atoms with E-state index in [0.29, 0.717) is 33.0 Å². The average Bonchev–Trinajstić information content (AvgIpc) is 2.79. The summed E-state index contributed by atoms with van der Waals surface area (Å²) in [5, 5.41) is 12.6. The van der Waals surface area contributed by atoms with Crippen LogP contribution in [0.3, 0.4) is 0 Å². The third-order valence-corrected chi connectivity index (χ3v) is 5.61. The highest BCUT2D eigenvalue weighted by Crippen LogP contribution is 2.22. The number of fused-ring (bicyclic) bond motifs is 1. The van der Waals surface area contributed by atoms with Crippen molar-refractivity contribution in [1.29, 1.82) is 5.26 Å². The van der Waals surface area contributed by atoms with E-state index in [9.17, 15) is 9.59 Å². The van der Waals surface area contributed by atoms with Crippen molar-refractivity contribution in [2.75, 3.05) is 11.1 Å². The van der Waals surface area contributed by atoms with Gasteiger partial charge in [0.25, 0.3) is 5.56 Å². The largest absolute Gasteiger partial charge is 0.325 e. The van der Waals surface area contributed by atoms with Crippen LogP contribution in [0.25, 0.3) is 16.6 Å². The predicted octanol–water partition coefficient (Wildman–Crippen LogP) is 4.30. The number of hydrogen-bond donors (Lipinski definition) is 1. The molecule has 0 aliphatic heterocycles. The van der Waals surface area contributed by atoms with E-state index in [1.807, 2.05) is 49.4 Å². The number of hydrogen-bond acceptors (Lipinski definition) is 5. The second kappa shape index (κ2) is 8.86. The lowest BCUT2D eigenvalue weighted by atomic mass is 10.2. The second-order valence-electron chi connectivity index (χ2n) is 6.91. The van der Waals surface area contributed by atoms with Crippen molar-refractivity contribution in [1.82, 2.24) is 9.55 Å². The molecular weight excluding hydrogens is 408 g/mol. The highest BCUT2D eigenvalue weighted by Gasteiger charge is 2.15. The fraction of sp³-hybridized carbons (Fsp3) is 0.0833. The van der Waals surface area contributed by atoms with Crippen molar-refractivity contribution in [2.45, 2.75) is 12.1 Å². The quantitative estimate of drug-likeness (QED) is 0.380. The molecule has 1 N–H and O–H groups in total. The first-order valence-corrected chi connectivity index (χ1v) is 10.6. The lowest BCUT2D eigenvalue weighted by Gasteiger charge is -2.13. The first-order chi connectivity index (χ1) is 15.0. The van der Waals surface area contributed by atoms with Crippen molar-refractivity contribution in [3.8, 4) is 11.8 Å². The SMILES string of the molecule is Cc1ccc(-n2c(SCC(=O)Nc3ccc(C#N)cc3)nc3ccccc3c2=O)cc1. The molecule has 1 amide bonds. The number of thioether (sulfide) groups is 1. The molecule has 152 valence electrons. The minimum absolute atomic E-state index is 0.0800. The molecule has 0 radical (unpaired) electrons. The van der Waals surface area contributed by atoms with Gasteiger partial charge in [0.1, 0.15) is 0 Å². The van der Waals surface area contributed by atoms with Gasteiger partial charge in [0, 0.05) is 5.69 Å². The van der Waals surface area contributed by atoms with E-state index in [0.717, 1.165) is 5.56 Å². The second-order valence-corrected chi connectivity index (χ2v) is 7.86. The Labute approximate surface area is 183 Å². The van der Waals surface area contributed by atoms with Crippen LogP contribution in [0.1, 0.15) is 11.1 Å². The molecule has 1 heterocycles. The number of benzene rings is 3. The summed E-state index contributed by atoms with van der Waals surface area (Å²) < 4.78 is 1.54. The van der Waals surface area contributed by atoms with Crippen molar-refractivity contribution in [3.05, 3.63) is 94.3 Å². The van der Waals surface area contributed by atoms with E-state index in [-0.39, 0.29) is 17.2 Å². The number of carbonyl (C=O) groups excluding carboxylic acids is 1. The minimum Gasteiger partial charge on any atom is -0.325 e. The molecule has 0 saturated carbocycles. The van der Waals surface area contributed by atoms with Gasteiger partial charge in [-0.2, -0.15) is 5.26 Å². The Morgan fingerprint density at radius 1 is 1.06 bits per heavy atom. The van der Waals surface area contributed by atoms with Crippen LogP contribution in [-0.2, 0) is 4.79 Å². The molecule has 3 aromatic carbocycles. The fourth-order valence-corrected chi connectivity index (χ4v) is 3.90. The fourth-order valence-electron chi connectivity index (χ4n) is 3.09. The van der Waals surface area contributed by atoms with E-state index in [1.165, 1.54) is 11.8 Å². The highest BCUT2D eigenvalue weighted by atomic mass is 32.2. The number of nitrogens with one attached hydrogen (secondary N) is 1. The maximum atomic E-state index is 13.2. The van der Waals surface area contributed by atoms with Crippen LogP contribution in [0.5, 0.6) is 0 Å². The van der Waals surface area contributed by atoms with Gasteiger partial charge in [-0.05, 0) is 55.5 Å². The normalized spacial score (nSPS) is 10.6. The lowest BCUT2D eigenvalue weighted by molar-refractivity contribution is -0.113. The zero-order chi connectivity index (χ0) is 21.8. The van der Waals surface area contributed by atoms with Crippen LogP contribution < -0.4 is 10.9 Å². The van der Waals surface area contributed by atoms with Gasteiger partial charge < -0.3 is 5.32 Å². The number of aryl methyl sites for hydroxylation is 1. The van der Waals surface area contributed by atoms with E-state index in [1.54, 1.807) is 41.0 Å². The number of aromatic nitrogens is 2. The molecule has 0 atom stereocenters. The molecule has 0 bridgehead atoms. The third-order valence-electron chi connectivity index (χ3n) is 4.67. The first kappa shape index (κ1) is 20.4. The third kappa shape index (κ3) is 4.49. The molecule has 0 aliphatic rings. The van der Waals surface area contributed by atoms with Crippen molar-refractivity contribution >= 4 is 34.3 Å². The molecule has 0 fully saturated rings. The number of amides is 1. The van der Waals surface area contributed by atoms with Crippen molar-refractivity contribution < 1.29 is 4.79 Å². The van der Waals surface area contributed by atoms with E-state index in [2.05, 4.69) is 10.3 Å². The molecular formula is C24H18N4O2S. The number of anilines is 1. The summed E-state index contributed by atoms with van der Waals surface area (Å²) in [6.07, 6.45) is 0. The van der Waals surface area contributed by atoms with Gasteiger partial charge in [0.05, 0.1) is 34.0 Å². The molecule has 0 saturated heterocycles. The molecule has 0 unspecified atom stereocenters. The summed E-state index contributed by atoms with van der Waals surface area (Å²) in [5.41, 5.74) is 3.32. The lowest BCUT2D eigenvalue weighted by Crippen LogP contribution is -2.23. The Kier molecular flexibility index (Phi) is 5.83. The monoisotopic (exact) mass is 426 g/mol. The standard InChI is InChI=1S/C24H18N4O2S/c1-16-6-12-19(13-7-16)28-23(30)20-4-2-3-5-21(20)27-24(28)31-15-22(29)26-18-10-8-17(14-25)9-11-18/h2-13H,15H2,1H3,(H,26,29). The Morgan fingerprint density at radius 3 is 2.48 bits per heavy atom. The number of carbonyl (C=O) groups is 1. The van der Waals surface area contributed by atoms with E-state index >= 15 is 0 Å². The van der Waals surface area contributed by atoms with E-state index in [4.69, 9.17) is 5.26 Å². The van der Waals surface area contributed by atoms with Gasteiger partial charge in [-0.3, -0.25) is 14.2 Å². The maximum Gasteiger partial charge on any atom is 0.266 e. The van der Waals surface area contributed by atoms with Gasteiger partial charge in [0.2, 0.25) is 5.91 Å². The minimum atomic E-state index is -0.229. The maximum absolute atomic E-state index is 13.2. The summed E-state index contributed by atoms with van der Waals surface area (Å²) >= 11 is 1.20.